The molecule has 6 nitrogen and oxygen atoms in total. The van der Waals surface area contributed by atoms with Gasteiger partial charge in [-0.3, -0.25) is 0 Å². The van der Waals surface area contributed by atoms with Gasteiger partial charge < -0.3 is 20.1 Å². The molecule has 0 aliphatic carbocycles. The Morgan fingerprint density at radius 3 is 2.79 bits per heavy atom. The molecule has 2 rings (SSSR count). The molecule has 0 saturated carbocycles. The topological polar surface area (TPSA) is 78.9 Å². The van der Waals surface area contributed by atoms with E-state index >= 15 is 0 Å². The number of nitrogens with zero attached hydrogens (tertiary/aromatic N) is 1. The molecule has 1 aromatic rings. The molecule has 6 heteroatoms. The van der Waals surface area contributed by atoms with Crippen LogP contribution in [0.2, 0.25) is 0 Å². The second-order valence-electron chi connectivity index (χ2n) is 4.36. The predicted molar refractivity (Wildman–Crippen MR) is 68.2 cm³/mol. The average molecular weight is 264 g/mol. The molecule has 1 saturated heterocycles. The van der Waals surface area contributed by atoms with Crippen molar-refractivity contribution in [2.75, 3.05) is 13.1 Å². The number of para-hydroxylation sites is 1. The summed E-state index contributed by atoms with van der Waals surface area (Å²) in [6.45, 7) is 0.799. The maximum Gasteiger partial charge on any atom is 0.412 e. The number of rotatable bonds is 3. The Kier molecular flexibility index (Phi) is 4.22. The second-order valence-corrected chi connectivity index (χ2v) is 4.36. The second kappa shape index (κ2) is 6.08. The first-order valence-corrected chi connectivity index (χ1v) is 6.17. The third-order valence-electron chi connectivity index (χ3n) is 3.06. The number of carboxylic acid groups (broad SMARTS) is 1. The van der Waals surface area contributed by atoms with E-state index in [0.29, 0.717) is 12.3 Å². The van der Waals surface area contributed by atoms with Crippen molar-refractivity contribution >= 4 is 12.2 Å². The molecular weight excluding hydrogens is 248 g/mol. The van der Waals surface area contributed by atoms with Gasteiger partial charge in [0.05, 0.1) is 6.04 Å². The zero-order chi connectivity index (χ0) is 13.7. The van der Waals surface area contributed by atoms with Crippen LogP contribution in [-0.4, -0.2) is 41.3 Å². The fourth-order valence-corrected chi connectivity index (χ4v) is 2.13. The lowest BCUT2D eigenvalue weighted by Gasteiger charge is -2.21. The maximum atomic E-state index is 11.5. The van der Waals surface area contributed by atoms with E-state index in [9.17, 15) is 9.59 Å². The van der Waals surface area contributed by atoms with Crippen molar-refractivity contribution in [3.05, 3.63) is 30.3 Å². The normalized spacial score (nSPS) is 18.1. The first-order chi connectivity index (χ1) is 9.16. The van der Waals surface area contributed by atoms with Gasteiger partial charge in [-0.2, -0.15) is 0 Å². The molecule has 0 aromatic heterocycles. The first kappa shape index (κ1) is 13.2. The fraction of sp³-hybridized carbons (Fsp3) is 0.385. The van der Waals surface area contributed by atoms with E-state index in [-0.39, 0.29) is 12.6 Å². The Morgan fingerprint density at radius 2 is 2.11 bits per heavy atom. The van der Waals surface area contributed by atoms with Crippen LogP contribution >= 0.6 is 0 Å². The van der Waals surface area contributed by atoms with E-state index in [1.165, 1.54) is 4.90 Å². The fourth-order valence-electron chi connectivity index (χ4n) is 2.13. The number of carbonyl (C=O) groups excluding carboxylic acids is 1. The van der Waals surface area contributed by atoms with Crippen LogP contribution in [0.25, 0.3) is 0 Å². The van der Waals surface area contributed by atoms with Crippen LogP contribution in [0.1, 0.15) is 12.8 Å². The van der Waals surface area contributed by atoms with Crippen molar-refractivity contribution in [3.8, 4) is 5.75 Å². The summed E-state index contributed by atoms with van der Waals surface area (Å²) in [6.07, 6.45) is 0.0776. The van der Waals surface area contributed by atoms with E-state index in [4.69, 9.17) is 9.84 Å². The summed E-state index contributed by atoms with van der Waals surface area (Å²) in [5.74, 6) is 0.460. The quantitative estimate of drug-likeness (QED) is 0.874. The minimum atomic E-state index is -0.944. The van der Waals surface area contributed by atoms with E-state index in [1.54, 1.807) is 24.3 Å². The van der Waals surface area contributed by atoms with E-state index in [0.717, 1.165) is 12.8 Å². The van der Waals surface area contributed by atoms with Crippen molar-refractivity contribution in [2.24, 2.45) is 0 Å². The van der Waals surface area contributed by atoms with Crippen LogP contribution < -0.4 is 10.1 Å². The van der Waals surface area contributed by atoms with E-state index in [1.807, 2.05) is 6.07 Å². The van der Waals surface area contributed by atoms with Crippen LogP contribution in [0.3, 0.4) is 0 Å². The third kappa shape index (κ3) is 3.61. The van der Waals surface area contributed by atoms with E-state index in [2.05, 4.69) is 5.32 Å². The molecule has 19 heavy (non-hydrogen) atoms. The molecule has 1 atom stereocenters. The van der Waals surface area contributed by atoms with E-state index < -0.39 is 12.2 Å². The van der Waals surface area contributed by atoms with Crippen molar-refractivity contribution in [1.29, 1.82) is 0 Å². The molecule has 2 N–H and O–H groups in total. The van der Waals surface area contributed by atoms with Crippen LogP contribution in [0.5, 0.6) is 5.75 Å². The zero-order valence-electron chi connectivity index (χ0n) is 10.4. The largest absolute Gasteiger partial charge is 0.465 e. The molecule has 2 amide bonds. The average Bonchev–Trinajstić information content (AvgIpc) is 2.86. The van der Waals surface area contributed by atoms with Crippen LogP contribution in [0, 0.1) is 0 Å². The minimum Gasteiger partial charge on any atom is -0.465 e. The lowest BCUT2D eigenvalue weighted by molar-refractivity contribution is 0.138. The van der Waals surface area contributed by atoms with Gasteiger partial charge in [-0.1, -0.05) is 18.2 Å². The number of carbonyl (C=O) groups is 2. The van der Waals surface area contributed by atoms with Crippen molar-refractivity contribution in [1.82, 2.24) is 10.2 Å². The molecule has 1 unspecified atom stereocenters. The highest BCUT2D eigenvalue weighted by Crippen LogP contribution is 2.16. The van der Waals surface area contributed by atoms with Crippen molar-refractivity contribution in [2.45, 2.75) is 18.9 Å². The van der Waals surface area contributed by atoms with Gasteiger partial charge in [0.15, 0.2) is 0 Å². The zero-order valence-corrected chi connectivity index (χ0v) is 10.4. The van der Waals surface area contributed by atoms with Crippen LogP contribution in [0.15, 0.2) is 30.3 Å². The molecule has 1 fully saturated rings. The molecule has 1 aliphatic heterocycles. The highest BCUT2D eigenvalue weighted by molar-refractivity contribution is 5.70. The van der Waals surface area contributed by atoms with Gasteiger partial charge in [0.1, 0.15) is 5.75 Å². The summed E-state index contributed by atoms with van der Waals surface area (Å²) in [6, 6.07) is 8.56. The highest BCUT2D eigenvalue weighted by Gasteiger charge is 2.28. The number of hydrogen-bond acceptors (Lipinski definition) is 3. The Hall–Kier alpha value is -2.24. The van der Waals surface area contributed by atoms with Gasteiger partial charge >= 0.3 is 12.2 Å². The number of benzene rings is 1. The molecule has 1 aliphatic rings. The van der Waals surface area contributed by atoms with Gasteiger partial charge in [0.2, 0.25) is 0 Å². The first-order valence-electron chi connectivity index (χ1n) is 6.17. The summed E-state index contributed by atoms with van der Waals surface area (Å²) in [4.78, 5) is 23.8. The molecule has 0 bridgehead atoms. The minimum absolute atomic E-state index is 0.166. The Morgan fingerprint density at radius 1 is 1.37 bits per heavy atom. The summed E-state index contributed by atoms with van der Waals surface area (Å²) in [7, 11) is 0. The number of nitrogens with one attached hydrogen (secondary N) is 1. The van der Waals surface area contributed by atoms with Gasteiger partial charge in [0, 0.05) is 13.1 Å². The van der Waals surface area contributed by atoms with Crippen LogP contribution in [0.4, 0.5) is 9.59 Å². The lowest BCUT2D eigenvalue weighted by Crippen LogP contribution is -2.43. The number of ether oxygens (including phenoxy) is 1. The van der Waals surface area contributed by atoms with Gasteiger partial charge in [-0.15, -0.1) is 0 Å². The smallest absolute Gasteiger partial charge is 0.412 e. The highest BCUT2D eigenvalue weighted by atomic mass is 16.6. The Bertz CT molecular complexity index is 449. The maximum absolute atomic E-state index is 11.5. The predicted octanol–water partition coefficient (Wildman–Crippen LogP) is 1.92. The van der Waals surface area contributed by atoms with Crippen LogP contribution in [-0.2, 0) is 0 Å². The van der Waals surface area contributed by atoms with Gasteiger partial charge in [0.25, 0.3) is 0 Å². The Balaban J connectivity index is 1.79. The Labute approximate surface area is 111 Å². The molecule has 1 heterocycles. The standard InChI is InChI=1S/C13H16N2O4/c16-12(19-11-6-2-1-3-7-11)14-9-10-5-4-8-15(10)13(17)18/h1-3,6-7,10H,4-5,8-9H2,(H,14,16)(H,17,18). The summed E-state index contributed by atoms with van der Waals surface area (Å²) < 4.78 is 5.05. The summed E-state index contributed by atoms with van der Waals surface area (Å²) in [5, 5.41) is 11.6. The molecule has 102 valence electrons. The SMILES string of the molecule is O=C(NCC1CCCN1C(=O)O)Oc1ccccc1. The lowest BCUT2D eigenvalue weighted by atomic mass is 10.2. The molecule has 0 radical (unpaired) electrons. The van der Waals surface area contributed by atoms with Gasteiger partial charge in [-0.25, -0.2) is 9.59 Å². The molecule has 1 aromatic carbocycles. The number of hydrogen-bond donors (Lipinski definition) is 2. The number of likely N-dealkylation sites (tertiary alicyclic amines) is 1. The molecular formula is C13H16N2O4. The summed E-state index contributed by atoms with van der Waals surface area (Å²) >= 11 is 0. The monoisotopic (exact) mass is 264 g/mol. The van der Waals surface area contributed by atoms with Crippen molar-refractivity contribution < 1.29 is 19.4 Å². The summed E-state index contributed by atoms with van der Waals surface area (Å²) in [5.41, 5.74) is 0. The third-order valence-corrected chi connectivity index (χ3v) is 3.06. The van der Waals surface area contributed by atoms with Crippen molar-refractivity contribution in [3.63, 3.8) is 0 Å². The van der Waals surface area contributed by atoms with Gasteiger partial charge in [-0.05, 0) is 25.0 Å². The number of amides is 2. The molecule has 0 spiro atoms.